The van der Waals surface area contributed by atoms with Gasteiger partial charge in [-0.2, -0.15) is 0 Å². The first kappa shape index (κ1) is 15.3. The van der Waals surface area contributed by atoms with Crippen LogP contribution in [0.1, 0.15) is 39.0 Å². The smallest absolute Gasteiger partial charge is 0.243 e. The number of nitrogens with zero attached hydrogens (tertiary/aromatic N) is 1. The summed E-state index contributed by atoms with van der Waals surface area (Å²) in [6, 6.07) is -0.714. The number of carbonyl (C=O) groups excluding carboxylic acids is 2. The van der Waals surface area contributed by atoms with Crippen LogP contribution in [0.5, 0.6) is 0 Å². The highest BCUT2D eigenvalue weighted by Gasteiger charge is 2.36. The van der Waals surface area contributed by atoms with E-state index >= 15 is 0 Å². The first-order valence-electron chi connectivity index (χ1n) is 7.23. The summed E-state index contributed by atoms with van der Waals surface area (Å²) >= 11 is 0. The van der Waals surface area contributed by atoms with Gasteiger partial charge in [0.2, 0.25) is 11.8 Å². The number of hydrogen-bond donors (Lipinski definition) is 1. The number of hydrogen-bond acceptors (Lipinski definition) is 4. The molecular formula is C13H22N2O4S. The highest BCUT2D eigenvalue weighted by molar-refractivity contribution is 7.91. The fourth-order valence-corrected chi connectivity index (χ4v) is 4.57. The fourth-order valence-electron chi connectivity index (χ4n) is 2.90. The molecule has 0 aromatic carbocycles. The van der Waals surface area contributed by atoms with Crippen molar-refractivity contribution >= 4 is 21.7 Å². The summed E-state index contributed by atoms with van der Waals surface area (Å²) in [7, 11) is -3.00. The van der Waals surface area contributed by atoms with E-state index in [-0.39, 0.29) is 29.4 Å². The summed E-state index contributed by atoms with van der Waals surface area (Å²) in [5, 5.41) is 2.79. The number of likely N-dealkylation sites (tertiary alicyclic amines) is 1. The van der Waals surface area contributed by atoms with E-state index in [2.05, 4.69) is 5.32 Å². The van der Waals surface area contributed by atoms with Crippen molar-refractivity contribution in [2.24, 2.45) is 0 Å². The SMILES string of the molecule is CCCC(=O)N1CCCC1C(=O)NC1CCS(=O)(=O)C1. The van der Waals surface area contributed by atoms with Crippen LogP contribution in [-0.2, 0) is 19.4 Å². The second-order valence-corrected chi connectivity index (χ2v) is 7.83. The fraction of sp³-hybridized carbons (Fsp3) is 0.846. The maximum absolute atomic E-state index is 12.2. The van der Waals surface area contributed by atoms with E-state index in [1.807, 2.05) is 6.92 Å². The average molecular weight is 302 g/mol. The largest absolute Gasteiger partial charge is 0.351 e. The Morgan fingerprint density at radius 3 is 2.65 bits per heavy atom. The Morgan fingerprint density at radius 1 is 1.30 bits per heavy atom. The lowest BCUT2D eigenvalue weighted by Gasteiger charge is -2.25. The Balaban J connectivity index is 1.93. The summed E-state index contributed by atoms with van der Waals surface area (Å²) < 4.78 is 22.8. The van der Waals surface area contributed by atoms with Crippen LogP contribution in [0.2, 0.25) is 0 Å². The zero-order valence-corrected chi connectivity index (χ0v) is 12.6. The van der Waals surface area contributed by atoms with Gasteiger partial charge in [0.25, 0.3) is 0 Å². The molecule has 2 aliphatic rings. The van der Waals surface area contributed by atoms with Crippen molar-refractivity contribution in [2.45, 2.75) is 51.1 Å². The molecule has 2 heterocycles. The second-order valence-electron chi connectivity index (χ2n) is 5.60. The third-order valence-electron chi connectivity index (χ3n) is 3.92. The maximum Gasteiger partial charge on any atom is 0.243 e. The second kappa shape index (κ2) is 6.11. The molecule has 0 aromatic heterocycles. The Hall–Kier alpha value is -1.11. The minimum absolute atomic E-state index is 0.0178. The molecule has 7 heteroatoms. The van der Waals surface area contributed by atoms with Crippen LogP contribution in [0.15, 0.2) is 0 Å². The Kier molecular flexibility index (Phi) is 4.67. The number of nitrogens with one attached hydrogen (secondary N) is 1. The van der Waals surface area contributed by atoms with Crippen molar-refractivity contribution in [1.29, 1.82) is 0 Å². The van der Waals surface area contributed by atoms with Crippen LogP contribution >= 0.6 is 0 Å². The van der Waals surface area contributed by atoms with Crippen molar-refractivity contribution in [3.8, 4) is 0 Å². The third kappa shape index (κ3) is 3.50. The quantitative estimate of drug-likeness (QED) is 0.797. The number of carbonyl (C=O) groups is 2. The predicted octanol–water partition coefficient (Wildman–Crippen LogP) is 0.0808. The summed E-state index contributed by atoms with van der Waals surface area (Å²) in [5.41, 5.74) is 0. The molecule has 2 aliphatic heterocycles. The minimum Gasteiger partial charge on any atom is -0.351 e. The number of sulfone groups is 1. The third-order valence-corrected chi connectivity index (χ3v) is 5.69. The van der Waals surface area contributed by atoms with Crippen LogP contribution in [0, 0.1) is 0 Å². The van der Waals surface area contributed by atoms with Gasteiger partial charge in [0.15, 0.2) is 9.84 Å². The molecule has 2 atom stereocenters. The lowest BCUT2D eigenvalue weighted by molar-refractivity contribution is -0.138. The van der Waals surface area contributed by atoms with Gasteiger partial charge < -0.3 is 10.2 Å². The molecule has 2 unspecified atom stereocenters. The Morgan fingerprint density at radius 2 is 2.05 bits per heavy atom. The number of rotatable bonds is 4. The Labute approximate surface area is 119 Å². The normalized spacial score (nSPS) is 28.6. The van der Waals surface area contributed by atoms with E-state index in [9.17, 15) is 18.0 Å². The molecule has 2 amide bonds. The van der Waals surface area contributed by atoms with Gasteiger partial charge in [0, 0.05) is 19.0 Å². The molecule has 0 radical (unpaired) electrons. The van der Waals surface area contributed by atoms with Crippen molar-refractivity contribution in [1.82, 2.24) is 10.2 Å². The van der Waals surface area contributed by atoms with Crippen LogP contribution < -0.4 is 5.32 Å². The highest BCUT2D eigenvalue weighted by Crippen LogP contribution is 2.20. The van der Waals surface area contributed by atoms with Gasteiger partial charge >= 0.3 is 0 Å². The van der Waals surface area contributed by atoms with Gasteiger partial charge in [-0.3, -0.25) is 9.59 Å². The van der Waals surface area contributed by atoms with E-state index < -0.39 is 15.9 Å². The van der Waals surface area contributed by atoms with Crippen molar-refractivity contribution in [3.63, 3.8) is 0 Å². The molecule has 0 aromatic rings. The lowest BCUT2D eigenvalue weighted by Crippen LogP contribution is -2.49. The standard InChI is InChI=1S/C13H22N2O4S/c1-2-4-12(16)15-7-3-5-11(15)13(17)14-10-6-8-20(18,19)9-10/h10-11H,2-9H2,1H3,(H,14,17). The summed E-state index contributed by atoms with van der Waals surface area (Å²) in [6.45, 7) is 2.56. The van der Waals surface area contributed by atoms with Gasteiger partial charge in [-0.25, -0.2) is 8.42 Å². The van der Waals surface area contributed by atoms with Gasteiger partial charge in [-0.05, 0) is 25.7 Å². The molecule has 0 bridgehead atoms. The summed E-state index contributed by atoms with van der Waals surface area (Å²) in [5.74, 6) is -0.0200. The summed E-state index contributed by atoms with van der Waals surface area (Å²) in [4.78, 5) is 25.8. The minimum atomic E-state index is -3.00. The van der Waals surface area contributed by atoms with Crippen LogP contribution in [-0.4, -0.2) is 55.3 Å². The summed E-state index contributed by atoms with van der Waals surface area (Å²) in [6.07, 6.45) is 3.20. The first-order valence-corrected chi connectivity index (χ1v) is 9.05. The Bertz CT molecular complexity index is 489. The zero-order valence-electron chi connectivity index (χ0n) is 11.8. The predicted molar refractivity (Wildman–Crippen MR) is 74.8 cm³/mol. The van der Waals surface area contributed by atoms with E-state index in [1.54, 1.807) is 4.90 Å². The van der Waals surface area contributed by atoms with Crippen LogP contribution in [0.25, 0.3) is 0 Å². The van der Waals surface area contributed by atoms with E-state index in [4.69, 9.17) is 0 Å². The molecule has 20 heavy (non-hydrogen) atoms. The number of amides is 2. The van der Waals surface area contributed by atoms with Crippen molar-refractivity contribution in [3.05, 3.63) is 0 Å². The van der Waals surface area contributed by atoms with Gasteiger partial charge in [-0.1, -0.05) is 6.92 Å². The van der Waals surface area contributed by atoms with Crippen molar-refractivity contribution < 1.29 is 18.0 Å². The molecule has 2 rings (SSSR count). The topological polar surface area (TPSA) is 83.6 Å². The molecular weight excluding hydrogens is 280 g/mol. The van der Waals surface area contributed by atoms with Gasteiger partial charge in [0.05, 0.1) is 11.5 Å². The maximum atomic E-state index is 12.2. The van der Waals surface area contributed by atoms with Crippen molar-refractivity contribution in [2.75, 3.05) is 18.1 Å². The molecule has 0 saturated carbocycles. The molecule has 2 saturated heterocycles. The zero-order chi connectivity index (χ0) is 14.8. The lowest BCUT2D eigenvalue weighted by atomic mass is 10.1. The average Bonchev–Trinajstić information content (AvgIpc) is 2.96. The monoisotopic (exact) mass is 302 g/mol. The highest BCUT2D eigenvalue weighted by atomic mass is 32.2. The molecule has 1 N–H and O–H groups in total. The van der Waals surface area contributed by atoms with Crippen LogP contribution in [0.3, 0.4) is 0 Å². The first-order chi connectivity index (χ1) is 9.43. The molecule has 6 nitrogen and oxygen atoms in total. The molecule has 0 aliphatic carbocycles. The van der Waals surface area contributed by atoms with E-state index in [1.165, 1.54) is 0 Å². The van der Waals surface area contributed by atoms with Gasteiger partial charge in [0.1, 0.15) is 6.04 Å². The molecule has 114 valence electrons. The van der Waals surface area contributed by atoms with Crippen LogP contribution in [0.4, 0.5) is 0 Å². The molecule has 2 fully saturated rings. The van der Waals surface area contributed by atoms with E-state index in [0.29, 0.717) is 25.8 Å². The molecule has 0 spiro atoms. The van der Waals surface area contributed by atoms with E-state index in [0.717, 1.165) is 12.8 Å². The van der Waals surface area contributed by atoms with Gasteiger partial charge in [-0.15, -0.1) is 0 Å².